The molecule has 0 unspecified atom stereocenters. The van der Waals surface area contributed by atoms with Gasteiger partial charge in [-0.1, -0.05) is 12.8 Å². The molecule has 3 nitrogen and oxygen atoms in total. The molecule has 1 aromatic rings. The van der Waals surface area contributed by atoms with Crippen LogP contribution in [0.2, 0.25) is 0 Å². The van der Waals surface area contributed by atoms with Gasteiger partial charge in [0.2, 0.25) is 0 Å². The van der Waals surface area contributed by atoms with Crippen molar-refractivity contribution in [2.45, 2.75) is 31.7 Å². The summed E-state index contributed by atoms with van der Waals surface area (Å²) in [6, 6.07) is 0.298. The predicted molar refractivity (Wildman–Crippen MR) is 61.4 cm³/mol. The van der Waals surface area contributed by atoms with Crippen molar-refractivity contribution in [1.82, 2.24) is 9.78 Å². The van der Waals surface area contributed by atoms with Crippen LogP contribution in [0.5, 0.6) is 0 Å². The summed E-state index contributed by atoms with van der Waals surface area (Å²) in [5.41, 5.74) is -0.0359. The second-order valence-electron chi connectivity index (χ2n) is 3.49. The van der Waals surface area contributed by atoms with Gasteiger partial charge in [-0.15, -0.1) is 0 Å². The highest BCUT2D eigenvalue weighted by Gasteiger charge is 2.20. The summed E-state index contributed by atoms with van der Waals surface area (Å²) in [6.07, 6.45) is 6.21. The Morgan fingerprint density at radius 1 is 1.36 bits per heavy atom. The van der Waals surface area contributed by atoms with Crippen molar-refractivity contribution in [2.24, 2.45) is 0 Å². The molecule has 1 aromatic heterocycles. The monoisotopic (exact) mass is 320 g/mol. The van der Waals surface area contributed by atoms with Gasteiger partial charge in [-0.05, 0) is 44.7 Å². The van der Waals surface area contributed by atoms with Crippen molar-refractivity contribution in [2.75, 3.05) is 0 Å². The van der Waals surface area contributed by atoms with E-state index in [0.29, 0.717) is 10.5 Å². The largest absolute Gasteiger partial charge is 0.282 e. The average molecular weight is 322 g/mol. The standard InChI is InChI=1S/C9H10Br2N2O/c10-7-5-12-13(9(14)8(7)11)6-3-1-2-4-6/h5-6H,1-4H2. The summed E-state index contributed by atoms with van der Waals surface area (Å²) in [4.78, 5) is 11.8. The van der Waals surface area contributed by atoms with Gasteiger partial charge in [-0.2, -0.15) is 5.10 Å². The molecule has 0 bridgehead atoms. The van der Waals surface area contributed by atoms with Gasteiger partial charge in [0.15, 0.2) is 0 Å². The molecule has 1 heterocycles. The minimum atomic E-state index is -0.0359. The van der Waals surface area contributed by atoms with Crippen LogP contribution < -0.4 is 5.56 Å². The number of rotatable bonds is 1. The highest BCUT2D eigenvalue weighted by molar-refractivity contribution is 9.13. The summed E-state index contributed by atoms with van der Waals surface area (Å²) in [5.74, 6) is 0. The van der Waals surface area contributed by atoms with Crippen LogP contribution in [0.4, 0.5) is 0 Å². The van der Waals surface area contributed by atoms with Crippen molar-refractivity contribution in [3.63, 3.8) is 0 Å². The van der Waals surface area contributed by atoms with Crippen LogP contribution in [0.3, 0.4) is 0 Å². The Bertz CT molecular complexity index is 396. The first-order chi connectivity index (χ1) is 6.70. The lowest BCUT2D eigenvalue weighted by atomic mass is 10.2. The topological polar surface area (TPSA) is 34.9 Å². The molecule has 0 atom stereocenters. The third-order valence-electron chi connectivity index (χ3n) is 2.57. The summed E-state index contributed by atoms with van der Waals surface area (Å²) in [5, 5.41) is 4.15. The van der Waals surface area contributed by atoms with E-state index < -0.39 is 0 Å². The quantitative estimate of drug-likeness (QED) is 0.797. The van der Waals surface area contributed by atoms with Gasteiger partial charge in [-0.25, -0.2) is 4.68 Å². The van der Waals surface area contributed by atoms with Gasteiger partial charge >= 0.3 is 0 Å². The smallest absolute Gasteiger partial charge is 0.266 e. The van der Waals surface area contributed by atoms with Gasteiger partial charge in [0.1, 0.15) is 4.47 Å². The summed E-state index contributed by atoms with van der Waals surface area (Å²) in [6.45, 7) is 0. The van der Waals surface area contributed by atoms with E-state index in [1.165, 1.54) is 12.8 Å². The van der Waals surface area contributed by atoms with Gasteiger partial charge < -0.3 is 0 Å². The zero-order valence-corrected chi connectivity index (χ0v) is 10.7. The van der Waals surface area contributed by atoms with Crippen LogP contribution in [-0.2, 0) is 0 Å². The fourth-order valence-corrected chi connectivity index (χ4v) is 2.38. The lowest BCUT2D eigenvalue weighted by molar-refractivity contribution is 0.441. The minimum Gasteiger partial charge on any atom is -0.266 e. The van der Waals surface area contributed by atoms with E-state index in [-0.39, 0.29) is 5.56 Å². The molecule has 0 aromatic carbocycles. The minimum absolute atomic E-state index is 0.0359. The maximum atomic E-state index is 11.8. The van der Waals surface area contributed by atoms with Crippen LogP contribution in [0.1, 0.15) is 31.7 Å². The number of halogens is 2. The first kappa shape index (κ1) is 10.4. The van der Waals surface area contributed by atoms with E-state index in [1.807, 2.05) is 0 Å². The van der Waals surface area contributed by atoms with Crippen molar-refractivity contribution in [1.29, 1.82) is 0 Å². The first-order valence-electron chi connectivity index (χ1n) is 4.63. The number of nitrogens with zero attached hydrogens (tertiary/aromatic N) is 2. The molecule has 1 aliphatic rings. The van der Waals surface area contributed by atoms with E-state index in [2.05, 4.69) is 37.0 Å². The molecule has 1 aliphatic carbocycles. The normalized spacial score (nSPS) is 17.6. The van der Waals surface area contributed by atoms with Gasteiger partial charge in [0.25, 0.3) is 5.56 Å². The van der Waals surface area contributed by atoms with Crippen LogP contribution in [0.25, 0.3) is 0 Å². The van der Waals surface area contributed by atoms with Crippen LogP contribution >= 0.6 is 31.9 Å². The second-order valence-corrected chi connectivity index (χ2v) is 5.14. The molecular weight excluding hydrogens is 312 g/mol. The zero-order chi connectivity index (χ0) is 10.1. The maximum Gasteiger partial charge on any atom is 0.282 e. The summed E-state index contributed by atoms with van der Waals surface area (Å²) < 4.78 is 2.89. The Labute approximate surface area is 98.8 Å². The number of hydrogen-bond donors (Lipinski definition) is 0. The number of hydrogen-bond acceptors (Lipinski definition) is 2. The zero-order valence-electron chi connectivity index (χ0n) is 7.54. The Morgan fingerprint density at radius 3 is 2.64 bits per heavy atom. The molecule has 1 saturated carbocycles. The molecule has 0 aliphatic heterocycles. The molecule has 0 saturated heterocycles. The Kier molecular flexibility index (Phi) is 3.07. The maximum absolute atomic E-state index is 11.8. The molecule has 0 N–H and O–H groups in total. The SMILES string of the molecule is O=c1c(Br)c(Br)cnn1C1CCCC1. The fourth-order valence-electron chi connectivity index (χ4n) is 1.83. The van der Waals surface area contributed by atoms with E-state index in [4.69, 9.17) is 0 Å². The van der Waals surface area contributed by atoms with Gasteiger partial charge in [0.05, 0.1) is 16.7 Å². The first-order valence-corrected chi connectivity index (χ1v) is 6.21. The van der Waals surface area contributed by atoms with Crippen molar-refractivity contribution < 1.29 is 0 Å². The lowest BCUT2D eigenvalue weighted by Gasteiger charge is -2.11. The molecule has 0 amide bonds. The molecule has 0 spiro atoms. The Balaban J connectivity index is 2.44. The van der Waals surface area contributed by atoms with Gasteiger partial charge in [-0.3, -0.25) is 4.79 Å². The van der Waals surface area contributed by atoms with E-state index in [9.17, 15) is 4.79 Å². The highest BCUT2D eigenvalue weighted by Crippen LogP contribution is 2.28. The molecule has 1 fully saturated rings. The third-order valence-corrected chi connectivity index (χ3v) is 4.47. The summed E-state index contributed by atoms with van der Waals surface area (Å²) >= 11 is 6.52. The Hall–Kier alpha value is -0.160. The van der Waals surface area contributed by atoms with E-state index in [1.54, 1.807) is 10.9 Å². The van der Waals surface area contributed by atoms with Crippen LogP contribution in [0.15, 0.2) is 19.9 Å². The summed E-state index contributed by atoms with van der Waals surface area (Å²) in [7, 11) is 0. The molecule has 5 heteroatoms. The van der Waals surface area contributed by atoms with E-state index >= 15 is 0 Å². The molecule has 14 heavy (non-hydrogen) atoms. The molecular formula is C9H10Br2N2O. The second kappa shape index (κ2) is 4.14. The Morgan fingerprint density at radius 2 is 2.00 bits per heavy atom. The van der Waals surface area contributed by atoms with Crippen LogP contribution in [-0.4, -0.2) is 9.78 Å². The van der Waals surface area contributed by atoms with Crippen molar-refractivity contribution in [3.8, 4) is 0 Å². The molecule has 2 rings (SSSR count). The fraction of sp³-hybridized carbons (Fsp3) is 0.556. The molecule has 0 radical (unpaired) electrons. The van der Waals surface area contributed by atoms with Crippen molar-refractivity contribution in [3.05, 3.63) is 25.5 Å². The van der Waals surface area contributed by atoms with Crippen LogP contribution in [0, 0.1) is 0 Å². The third kappa shape index (κ3) is 1.80. The predicted octanol–water partition coefficient (Wildman–Crippen LogP) is 2.88. The van der Waals surface area contributed by atoms with E-state index in [0.717, 1.165) is 17.3 Å². The highest BCUT2D eigenvalue weighted by atomic mass is 79.9. The van der Waals surface area contributed by atoms with Gasteiger partial charge in [0, 0.05) is 0 Å². The number of aromatic nitrogens is 2. The molecule has 76 valence electrons. The van der Waals surface area contributed by atoms with Crippen molar-refractivity contribution >= 4 is 31.9 Å². The lowest BCUT2D eigenvalue weighted by Crippen LogP contribution is -2.26. The average Bonchev–Trinajstić information content (AvgIpc) is 2.67.